The lowest BCUT2D eigenvalue weighted by Gasteiger charge is -2.25. The number of anilines is 1. The minimum absolute atomic E-state index is 0.0461. The van der Waals surface area contributed by atoms with E-state index >= 15 is 0 Å². The average molecular weight is 290 g/mol. The summed E-state index contributed by atoms with van der Waals surface area (Å²) in [7, 11) is 4.00. The summed E-state index contributed by atoms with van der Waals surface area (Å²) in [6.07, 6.45) is 5.12. The third-order valence-corrected chi connectivity index (χ3v) is 4.07. The molecule has 0 radical (unpaired) electrons. The summed E-state index contributed by atoms with van der Waals surface area (Å²) >= 11 is 0. The van der Waals surface area contributed by atoms with Crippen molar-refractivity contribution < 1.29 is 4.79 Å². The standard InChI is InChI=1S/C16H26N4O/c1-4-9-17-15-8-7-13(11-18-15)16(21)20(3)12-14-6-5-10-19(14)2/h7-8,11,14H,4-6,9-10,12H2,1-3H3,(H,17,18). The van der Waals surface area contributed by atoms with Gasteiger partial charge in [-0.25, -0.2) is 4.98 Å². The quantitative estimate of drug-likeness (QED) is 0.871. The largest absolute Gasteiger partial charge is 0.370 e. The molecular formula is C16H26N4O. The lowest BCUT2D eigenvalue weighted by Crippen LogP contribution is -2.39. The average Bonchev–Trinajstić information content (AvgIpc) is 2.90. The molecule has 1 aliphatic heterocycles. The lowest BCUT2D eigenvalue weighted by molar-refractivity contribution is 0.0761. The van der Waals surface area contributed by atoms with Crippen molar-refractivity contribution in [1.82, 2.24) is 14.8 Å². The highest BCUT2D eigenvalue weighted by Gasteiger charge is 2.24. The highest BCUT2D eigenvalue weighted by atomic mass is 16.2. The lowest BCUT2D eigenvalue weighted by atomic mass is 10.2. The van der Waals surface area contributed by atoms with Gasteiger partial charge in [0, 0.05) is 32.4 Å². The molecule has 1 aliphatic rings. The summed E-state index contributed by atoms with van der Waals surface area (Å²) in [5.74, 6) is 0.872. The Morgan fingerprint density at radius 1 is 1.52 bits per heavy atom. The number of aromatic nitrogens is 1. The molecule has 0 aliphatic carbocycles. The van der Waals surface area contributed by atoms with Crippen LogP contribution in [0.1, 0.15) is 36.5 Å². The van der Waals surface area contributed by atoms with E-state index in [0.29, 0.717) is 11.6 Å². The van der Waals surface area contributed by atoms with Gasteiger partial charge in [0.2, 0.25) is 0 Å². The smallest absolute Gasteiger partial charge is 0.255 e. The van der Waals surface area contributed by atoms with Gasteiger partial charge in [0.05, 0.1) is 5.56 Å². The molecule has 2 rings (SSSR count). The second-order valence-corrected chi connectivity index (χ2v) is 5.82. The normalized spacial score (nSPS) is 18.7. The van der Waals surface area contributed by atoms with Crippen molar-refractivity contribution in [3.8, 4) is 0 Å². The molecule has 0 spiro atoms. The second-order valence-electron chi connectivity index (χ2n) is 5.82. The van der Waals surface area contributed by atoms with Crippen molar-refractivity contribution in [3.05, 3.63) is 23.9 Å². The summed E-state index contributed by atoms with van der Waals surface area (Å²) < 4.78 is 0. The topological polar surface area (TPSA) is 48.5 Å². The Balaban J connectivity index is 1.92. The first-order valence-electron chi connectivity index (χ1n) is 7.77. The Labute approximate surface area is 127 Å². The number of likely N-dealkylation sites (tertiary alicyclic amines) is 1. The van der Waals surface area contributed by atoms with Crippen molar-refractivity contribution in [3.63, 3.8) is 0 Å². The zero-order chi connectivity index (χ0) is 15.2. The fourth-order valence-electron chi connectivity index (χ4n) is 2.71. The van der Waals surface area contributed by atoms with Gasteiger partial charge < -0.3 is 15.1 Å². The first-order valence-corrected chi connectivity index (χ1v) is 7.77. The monoisotopic (exact) mass is 290 g/mol. The fraction of sp³-hybridized carbons (Fsp3) is 0.625. The molecule has 0 bridgehead atoms. The maximum atomic E-state index is 12.4. The van der Waals surface area contributed by atoms with Crippen LogP contribution in [0.15, 0.2) is 18.3 Å². The molecule has 2 heterocycles. The van der Waals surface area contributed by atoms with E-state index in [9.17, 15) is 4.79 Å². The van der Waals surface area contributed by atoms with Crippen LogP contribution in [0, 0.1) is 0 Å². The molecule has 5 heteroatoms. The Kier molecular flexibility index (Phi) is 5.56. The zero-order valence-electron chi connectivity index (χ0n) is 13.3. The number of amides is 1. The highest BCUT2D eigenvalue weighted by molar-refractivity contribution is 5.93. The van der Waals surface area contributed by atoms with Crippen molar-refractivity contribution >= 4 is 11.7 Å². The van der Waals surface area contributed by atoms with E-state index in [0.717, 1.165) is 31.9 Å². The number of carbonyl (C=O) groups excluding carboxylic acids is 1. The van der Waals surface area contributed by atoms with Gasteiger partial charge in [0.15, 0.2) is 0 Å². The molecule has 116 valence electrons. The van der Waals surface area contributed by atoms with Gasteiger partial charge in [0.25, 0.3) is 5.91 Å². The maximum absolute atomic E-state index is 12.4. The van der Waals surface area contributed by atoms with Gasteiger partial charge in [-0.15, -0.1) is 0 Å². The molecule has 21 heavy (non-hydrogen) atoms. The van der Waals surface area contributed by atoms with E-state index in [1.54, 1.807) is 6.20 Å². The van der Waals surface area contributed by atoms with Gasteiger partial charge >= 0.3 is 0 Å². The zero-order valence-corrected chi connectivity index (χ0v) is 13.3. The molecule has 5 nitrogen and oxygen atoms in total. The SMILES string of the molecule is CCCNc1ccc(C(=O)N(C)CC2CCCN2C)cn1. The van der Waals surface area contributed by atoms with Gasteiger partial charge in [-0.2, -0.15) is 0 Å². The summed E-state index contributed by atoms with van der Waals surface area (Å²) in [6.45, 7) is 4.92. The predicted molar refractivity (Wildman–Crippen MR) is 85.6 cm³/mol. The number of rotatable bonds is 6. The predicted octanol–water partition coefficient (Wildman–Crippen LogP) is 2.07. The molecule has 0 saturated carbocycles. The van der Waals surface area contributed by atoms with Crippen LogP contribution in [-0.2, 0) is 0 Å². The third-order valence-electron chi connectivity index (χ3n) is 4.07. The van der Waals surface area contributed by atoms with E-state index in [4.69, 9.17) is 0 Å². The number of hydrogen-bond acceptors (Lipinski definition) is 4. The van der Waals surface area contributed by atoms with Crippen LogP contribution in [-0.4, -0.2) is 60.5 Å². The van der Waals surface area contributed by atoms with Crippen LogP contribution in [0.5, 0.6) is 0 Å². The van der Waals surface area contributed by atoms with Gasteiger partial charge in [-0.1, -0.05) is 6.92 Å². The molecule has 1 fully saturated rings. The number of pyridine rings is 1. The van der Waals surface area contributed by atoms with Crippen LogP contribution in [0.4, 0.5) is 5.82 Å². The van der Waals surface area contributed by atoms with E-state index < -0.39 is 0 Å². The van der Waals surface area contributed by atoms with Crippen LogP contribution in [0.3, 0.4) is 0 Å². The Morgan fingerprint density at radius 2 is 2.33 bits per heavy atom. The Hall–Kier alpha value is -1.62. The summed E-state index contributed by atoms with van der Waals surface area (Å²) in [5, 5.41) is 3.21. The van der Waals surface area contributed by atoms with Crippen molar-refractivity contribution in [2.24, 2.45) is 0 Å². The Morgan fingerprint density at radius 3 is 2.90 bits per heavy atom. The van der Waals surface area contributed by atoms with E-state index in [2.05, 4.69) is 29.2 Å². The molecule has 1 aromatic heterocycles. The van der Waals surface area contributed by atoms with Gasteiger partial charge in [0.1, 0.15) is 5.82 Å². The molecule has 1 saturated heterocycles. The van der Waals surface area contributed by atoms with Crippen LogP contribution >= 0.6 is 0 Å². The van der Waals surface area contributed by atoms with Crippen LogP contribution < -0.4 is 5.32 Å². The first kappa shape index (κ1) is 15.8. The van der Waals surface area contributed by atoms with Gasteiger partial charge in [-0.3, -0.25) is 4.79 Å². The van der Waals surface area contributed by atoms with Crippen LogP contribution in [0.2, 0.25) is 0 Å². The molecular weight excluding hydrogens is 264 g/mol. The fourth-order valence-corrected chi connectivity index (χ4v) is 2.71. The summed E-state index contributed by atoms with van der Waals surface area (Å²) in [4.78, 5) is 20.9. The number of carbonyl (C=O) groups is 1. The minimum atomic E-state index is 0.0461. The van der Waals surface area contributed by atoms with E-state index in [1.807, 2.05) is 24.1 Å². The number of likely N-dealkylation sites (N-methyl/N-ethyl adjacent to an activating group) is 2. The second kappa shape index (κ2) is 7.41. The number of nitrogens with zero attached hydrogens (tertiary/aromatic N) is 3. The molecule has 1 amide bonds. The van der Waals surface area contributed by atoms with Gasteiger partial charge in [-0.05, 0) is 45.0 Å². The number of hydrogen-bond donors (Lipinski definition) is 1. The van der Waals surface area contributed by atoms with E-state index in [-0.39, 0.29) is 5.91 Å². The van der Waals surface area contributed by atoms with Crippen molar-refractivity contribution in [1.29, 1.82) is 0 Å². The molecule has 0 aromatic carbocycles. The summed E-state index contributed by atoms with van der Waals surface area (Å²) in [6, 6.07) is 4.21. The number of nitrogens with one attached hydrogen (secondary N) is 1. The molecule has 1 N–H and O–H groups in total. The van der Waals surface area contributed by atoms with Crippen molar-refractivity contribution in [2.75, 3.05) is 39.0 Å². The molecule has 1 aromatic rings. The highest BCUT2D eigenvalue weighted by Crippen LogP contribution is 2.16. The molecule has 1 unspecified atom stereocenters. The Bertz CT molecular complexity index is 460. The molecule has 1 atom stereocenters. The third kappa shape index (κ3) is 4.17. The van der Waals surface area contributed by atoms with Crippen molar-refractivity contribution in [2.45, 2.75) is 32.2 Å². The minimum Gasteiger partial charge on any atom is -0.370 e. The summed E-state index contributed by atoms with van der Waals surface area (Å²) in [5.41, 5.74) is 0.653. The van der Waals surface area contributed by atoms with E-state index in [1.165, 1.54) is 12.8 Å². The van der Waals surface area contributed by atoms with Crippen LogP contribution in [0.25, 0.3) is 0 Å². The first-order chi connectivity index (χ1) is 10.1. The maximum Gasteiger partial charge on any atom is 0.255 e.